The fourth-order valence-corrected chi connectivity index (χ4v) is 2.93. The Morgan fingerprint density at radius 1 is 0.955 bits per heavy atom. The molecule has 3 aromatic rings. The zero-order valence-corrected chi connectivity index (χ0v) is 12.6. The van der Waals surface area contributed by atoms with Gasteiger partial charge in [-0.25, -0.2) is 4.79 Å². The average molecular weight is 294 g/mol. The summed E-state index contributed by atoms with van der Waals surface area (Å²) in [6, 6.07) is 14.2. The lowest BCUT2D eigenvalue weighted by Crippen LogP contribution is -2.28. The van der Waals surface area contributed by atoms with Crippen molar-refractivity contribution in [1.29, 1.82) is 0 Å². The topological polar surface area (TPSA) is 65.7 Å². The summed E-state index contributed by atoms with van der Waals surface area (Å²) in [6.45, 7) is 3.91. The van der Waals surface area contributed by atoms with Gasteiger partial charge in [0.25, 0.3) is 5.56 Å². The molecule has 22 heavy (non-hydrogen) atoms. The first-order valence-electron chi connectivity index (χ1n) is 7.38. The molecule has 0 aliphatic heterocycles. The van der Waals surface area contributed by atoms with Gasteiger partial charge in [0.2, 0.25) is 0 Å². The maximum absolute atomic E-state index is 12.1. The number of benzene rings is 2. The number of H-pyrrole nitrogens is 2. The van der Waals surface area contributed by atoms with Crippen LogP contribution in [0, 0.1) is 0 Å². The third kappa shape index (κ3) is 2.60. The van der Waals surface area contributed by atoms with Crippen molar-refractivity contribution >= 4 is 10.8 Å². The molecule has 0 fully saturated rings. The van der Waals surface area contributed by atoms with Crippen molar-refractivity contribution in [2.45, 2.75) is 26.2 Å². The van der Waals surface area contributed by atoms with Crippen LogP contribution in [0.15, 0.2) is 52.1 Å². The fraction of sp³-hybridized carbons (Fsp3) is 0.222. The third-order valence-corrected chi connectivity index (χ3v) is 3.89. The Kier molecular flexibility index (Phi) is 3.67. The highest BCUT2D eigenvalue weighted by atomic mass is 16.2. The van der Waals surface area contributed by atoms with Gasteiger partial charge in [-0.3, -0.25) is 9.78 Å². The first-order valence-corrected chi connectivity index (χ1v) is 7.38. The highest BCUT2D eigenvalue weighted by Gasteiger charge is 2.14. The summed E-state index contributed by atoms with van der Waals surface area (Å²) in [5.41, 5.74) is 1.69. The molecule has 0 saturated heterocycles. The molecule has 0 aliphatic carbocycles. The molecular weight excluding hydrogens is 276 g/mol. The number of rotatable bonds is 3. The first-order chi connectivity index (χ1) is 10.6. The van der Waals surface area contributed by atoms with Gasteiger partial charge in [0.1, 0.15) is 0 Å². The van der Waals surface area contributed by atoms with E-state index >= 15 is 0 Å². The molecule has 0 radical (unpaired) electrons. The first kappa shape index (κ1) is 14.3. The van der Waals surface area contributed by atoms with Gasteiger partial charge in [0.15, 0.2) is 0 Å². The summed E-state index contributed by atoms with van der Waals surface area (Å²) >= 11 is 0. The van der Waals surface area contributed by atoms with Crippen LogP contribution >= 0.6 is 0 Å². The largest absolute Gasteiger partial charge is 0.325 e. The van der Waals surface area contributed by atoms with E-state index in [1.807, 2.05) is 38.1 Å². The molecule has 1 aromatic heterocycles. The minimum atomic E-state index is -0.454. The third-order valence-electron chi connectivity index (χ3n) is 3.89. The van der Waals surface area contributed by atoms with Crippen molar-refractivity contribution < 1.29 is 0 Å². The van der Waals surface area contributed by atoms with Crippen LogP contribution in [-0.4, -0.2) is 9.97 Å². The van der Waals surface area contributed by atoms with Crippen LogP contribution in [-0.2, 0) is 6.42 Å². The number of aromatic nitrogens is 2. The van der Waals surface area contributed by atoms with E-state index in [-0.39, 0.29) is 11.5 Å². The number of nitrogens with one attached hydrogen (secondary N) is 2. The highest BCUT2D eigenvalue weighted by molar-refractivity contribution is 5.85. The number of hydrogen-bond donors (Lipinski definition) is 2. The number of aromatic amines is 2. The SMILES string of the molecule is CC(C)c1c(Cc2cccc3ccccc23)[nH]c(=O)[nH]c1=O. The minimum absolute atomic E-state index is 0.0468. The van der Waals surface area contributed by atoms with Crippen molar-refractivity contribution in [2.24, 2.45) is 0 Å². The van der Waals surface area contributed by atoms with Crippen LogP contribution in [0.1, 0.15) is 36.6 Å². The molecule has 0 unspecified atom stereocenters. The summed E-state index contributed by atoms with van der Waals surface area (Å²) in [4.78, 5) is 28.8. The van der Waals surface area contributed by atoms with E-state index in [4.69, 9.17) is 0 Å². The molecule has 0 bridgehead atoms. The van der Waals surface area contributed by atoms with Crippen LogP contribution in [0.5, 0.6) is 0 Å². The molecule has 0 aliphatic rings. The molecule has 0 amide bonds. The van der Waals surface area contributed by atoms with Gasteiger partial charge >= 0.3 is 5.69 Å². The Hall–Kier alpha value is -2.62. The Morgan fingerprint density at radius 2 is 1.68 bits per heavy atom. The minimum Gasteiger partial charge on any atom is -0.311 e. The Balaban J connectivity index is 2.17. The summed E-state index contributed by atoms with van der Waals surface area (Å²) in [7, 11) is 0. The molecule has 1 heterocycles. The van der Waals surface area contributed by atoms with Gasteiger partial charge in [0, 0.05) is 17.7 Å². The predicted molar refractivity (Wildman–Crippen MR) is 88.5 cm³/mol. The normalized spacial score (nSPS) is 11.2. The summed E-state index contributed by atoms with van der Waals surface area (Å²) in [5, 5.41) is 2.29. The molecule has 3 rings (SSSR count). The van der Waals surface area contributed by atoms with Gasteiger partial charge in [-0.2, -0.15) is 0 Å². The van der Waals surface area contributed by atoms with Crippen molar-refractivity contribution in [2.75, 3.05) is 0 Å². The van der Waals surface area contributed by atoms with E-state index in [1.165, 1.54) is 0 Å². The van der Waals surface area contributed by atoms with Crippen molar-refractivity contribution in [3.05, 3.63) is 80.1 Å². The van der Waals surface area contributed by atoms with Crippen LogP contribution in [0.2, 0.25) is 0 Å². The van der Waals surface area contributed by atoms with Crippen LogP contribution in [0.3, 0.4) is 0 Å². The molecule has 0 saturated carbocycles. The van der Waals surface area contributed by atoms with Crippen LogP contribution in [0.25, 0.3) is 10.8 Å². The zero-order valence-electron chi connectivity index (χ0n) is 12.6. The zero-order chi connectivity index (χ0) is 15.7. The summed E-state index contributed by atoms with van der Waals surface area (Å²) in [5.74, 6) is 0.0468. The second-order valence-corrected chi connectivity index (χ2v) is 5.77. The van der Waals surface area contributed by atoms with E-state index in [2.05, 4.69) is 28.2 Å². The van der Waals surface area contributed by atoms with E-state index < -0.39 is 5.69 Å². The molecule has 0 atom stereocenters. The molecule has 2 N–H and O–H groups in total. The molecule has 0 spiro atoms. The Bertz CT molecular complexity index is 930. The second kappa shape index (κ2) is 5.64. The van der Waals surface area contributed by atoms with E-state index in [0.29, 0.717) is 17.7 Å². The summed E-state index contributed by atoms with van der Waals surface area (Å²) in [6.07, 6.45) is 0.536. The highest BCUT2D eigenvalue weighted by Crippen LogP contribution is 2.22. The summed E-state index contributed by atoms with van der Waals surface area (Å²) < 4.78 is 0. The van der Waals surface area contributed by atoms with Crippen molar-refractivity contribution in [3.63, 3.8) is 0 Å². The second-order valence-electron chi connectivity index (χ2n) is 5.77. The monoisotopic (exact) mass is 294 g/mol. The number of hydrogen-bond acceptors (Lipinski definition) is 2. The quantitative estimate of drug-likeness (QED) is 0.780. The lowest BCUT2D eigenvalue weighted by atomic mass is 9.95. The van der Waals surface area contributed by atoms with Gasteiger partial charge in [0.05, 0.1) is 0 Å². The van der Waals surface area contributed by atoms with Crippen molar-refractivity contribution in [1.82, 2.24) is 9.97 Å². The van der Waals surface area contributed by atoms with Crippen LogP contribution in [0.4, 0.5) is 0 Å². The standard InChI is InChI=1S/C18H18N2O2/c1-11(2)16-15(19-18(22)20-17(16)21)10-13-8-5-7-12-6-3-4-9-14(12)13/h3-9,11H,10H2,1-2H3,(H2,19,20,21,22). The molecule has 4 heteroatoms. The van der Waals surface area contributed by atoms with E-state index in [1.54, 1.807) is 0 Å². The smallest absolute Gasteiger partial charge is 0.311 e. The lowest BCUT2D eigenvalue weighted by Gasteiger charge is -2.12. The van der Waals surface area contributed by atoms with Gasteiger partial charge in [-0.15, -0.1) is 0 Å². The van der Waals surface area contributed by atoms with E-state index in [0.717, 1.165) is 16.3 Å². The fourth-order valence-electron chi connectivity index (χ4n) is 2.93. The van der Waals surface area contributed by atoms with Gasteiger partial charge < -0.3 is 4.98 Å². The lowest BCUT2D eigenvalue weighted by molar-refractivity contribution is 0.788. The van der Waals surface area contributed by atoms with Crippen molar-refractivity contribution in [3.8, 4) is 0 Å². The molecule has 2 aromatic carbocycles. The van der Waals surface area contributed by atoms with Gasteiger partial charge in [-0.1, -0.05) is 56.3 Å². The molecular formula is C18H18N2O2. The average Bonchev–Trinajstić information content (AvgIpc) is 2.46. The maximum Gasteiger partial charge on any atom is 0.325 e. The molecule has 4 nitrogen and oxygen atoms in total. The number of fused-ring (bicyclic) bond motifs is 1. The maximum atomic E-state index is 12.1. The Labute approximate surface area is 127 Å². The molecule has 112 valence electrons. The van der Waals surface area contributed by atoms with E-state index in [9.17, 15) is 9.59 Å². The van der Waals surface area contributed by atoms with Gasteiger partial charge in [-0.05, 0) is 22.3 Å². The Morgan fingerprint density at radius 3 is 2.45 bits per heavy atom. The van der Waals surface area contributed by atoms with Crippen LogP contribution < -0.4 is 11.2 Å². The predicted octanol–water partition coefficient (Wildman–Crippen LogP) is 2.93.